The lowest BCUT2D eigenvalue weighted by atomic mass is 9.98. The minimum absolute atomic E-state index is 0.0437. The second-order valence-electron chi connectivity index (χ2n) is 8.43. The van der Waals surface area contributed by atoms with Gasteiger partial charge in [0.2, 0.25) is 0 Å². The van der Waals surface area contributed by atoms with Gasteiger partial charge in [0.25, 0.3) is 5.91 Å². The Morgan fingerprint density at radius 2 is 1.60 bits per heavy atom. The molecule has 1 aliphatic carbocycles. The molecule has 0 unspecified atom stereocenters. The normalized spacial score (nSPS) is 12.0. The summed E-state index contributed by atoms with van der Waals surface area (Å²) < 4.78 is 5.50. The van der Waals surface area contributed by atoms with Crippen LogP contribution >= 0.6 is 0 Å². The number of hydrogen-bond donors (Lipinski definition) is 4. The zero-order chi connectivity index (χ0) is 24.6. The van der Waals surface area contributed by atoms with Gasteiger partial charge in [0, 0.05) is 24.9 Å². The van der Waals surface area contributed by atoms with Crippen LogP contribution in [0.5, 0.6) is 0 Å². The SMILES string of the molecule is O=C(O)CCCCCCNC(=O)c1cc(NC(=O)OCC2c3ccccc3-c3ccccc32)n[nH]1. The number of carbonyl (C=O) groups is 3. The number of ether oxygens (including phenoxy) is 1. The smallest absolute Gasteiger partial charge is 0.412 e. The van der Waals surface area contributed by atoms with Crippen molar-refractivity contribution < 1.29 is 24.2 Å². The molecule has 0 spiro atoms. The molecule has 0 saturated carbocycles. The molecule has 0 saturated heterocycles. The second-order valence-corrected chi connectivity index (χ2v) is 8.43. The number of nitrogens with one attached hydrogen (secondary N) is 3. The summed E-state index contributed by atoms with van der Waals surface area (Å²) in [6.07, 6.45) is 2.55. The maximum Gasteiger partial charge on any atom is 0.412 e. The maximum absolute atomic E-state index is 12.4. The first-order valence-electron chi connectivity index (χ1n) is 11.7. The van der Waals surface area contributed by atoms with Crippen LogP contribution in [-0.4, -0.2) is 46.4 Å². The average molecular weight is 477 g/mol. The zero-order valence-electron chi connectivity index (χ0n) is 19.3. The number of unbranched alkanes of at least 4 members (excludes halogenated alkanes) is 3. The first kappa shape index (κ1) is 24.0. The van der Waals surface area contributed by atoms with Gasteiger partial charge in [0.15, 0.2) is 5.82 Å². The van der Waals surface area contributed by atoms with E-state index in [0.29, 0.717) is 13.0 Å². The van der Waals surface area contributed by atoms with Gasteiger partial charge in [-0.2, -0.15) is 5.10 Å². The summed E-state index contributed by atoms with van der Waals surface area (Å²) in [7, 11) is 0. The van der Waals surface area contributed by atoms with E-state index in [2.05, 4.69) is 45.1 Å². The molecule has 4 N–H and O–H groups in total. The summed E-state index contributed by atoms with van der Waals surface area (Å²) in [5.74, 6) is -0.970. The molecular formula is C26H28N4O5. The number of carboxylic acid groups (broad SMARTS) is 1. The molecule has 1 aliphatic rings. The predicted octanol–water partition coefficient (Wildman–Crippen LogP) is 4.54. The van der Waals surface area contributed by atoms with Crippen LogP contribution in [0.4, 0.5) is 10.6 Å². The van der Waals surface area contributed by atoms with Gasteiger partial charge in [-0.3, -0.25) is 20.0 Å². The fraction of sp³-hybridized carbons (Fsp3) is 0.308. The lowest BCUT2D eigenvalue weighted by molar-refractivity contribution is -0.137. The van der Waals surface area contributed by atoms with Crippen LogP contribution in [-0.2, 0) is 9.53 Å². The molecule has 182 valence electrons. The molecule has 0 bridgehead atoms. The predicted molar refractivity (Wildman–Crippen MR) is 130 cm³/mol. The van der Waals surface area contributed by atoms with Crippen LogP contribution in [0.2, 0.25) is 0 Å². The molecule has 2 aromatic carbocycles. The van der Waals surface area contributed by atoms with Crippen molar-refractivity contribution in [2.24, 2.45) is 0 Å². The first-order chi connectivity index (χ1) is 17.0. The van der Waals surface area contributed by atoms with E-state index in [1.165, 1.54) is 6.07 Å². The quantitative estimate of drug-likeness (QED) is 0.300. The second kappa shape index (κ2) is 11.3. The van der Waals surface area contributed by atoms with E-state index in [1.807, 2.05) is 24.3 Å². The Morgan fingerprint density at radius 1 is 0.943 bits per heavy atom. The third-order valence-electron chi connectivity index (χ3n) is 6.00. The lowest BCUT2D eigenvalue weighted by Crippen LogP contribution is -2.24. The summed E-state index contributed by atoms with van der Waals surface area (Å²) in [6.45, 7) is 0.657. The van der Waals surface area contributed by atoms with Crippen molar-refractivity contribution in [1.82, 2.24) is 15.5 Å². The minimum Gasteiger partial charge on any atom is -0.481 e. The number of rotatable bonds is 11. The van der Waals surface area contributed by atoms with Crippen LogP contribution in [0, 0.1) is 0 Å². The molecule has 0 radical (unpaired) electrons. The topological polar surface area (TPSA) is 133 Å². The Kier molecular flexibility index (Phi) is 7.77. The molecular weight excluding hydrogens is 448 g/mol. The summed E-state index contributed by atoms with van der Waals surface area (Å²) in [5, 5.41) is 20.5. The van der Waals surface area contributed by atoms with Crippen molar-refractivity contribution in [2.45, 2.75) is 38.0 Å². The van der Waals surface area contributed by atoms with Crippen molar-refractivity contribution >= 4 is 23.8 Å². The van der Waals surface area contributed by atoms with Crippen LogP contribution in [0.3, 0.4) is 0 Å². The van der Waals surface area contributed by atoms with E-state index in [-0.39, 0.29) is 36.4 Å². The Hall–Kier alpha value is -4.14. The summed E-state index contributed by atoms with van der Waals surface area (Å²) in [4.78, 5) is 35.1. The Morgan fingerprint density at radius 3 is 2.29 bits per heavy atom. The molecule has 2 amide bonds. The fourth-order valence-electron chi connectivity index (χ4n) is 4.29. The van der Waals surface area contributed by atoms with Gasteiger partial charge < -0.3 is 15.2 Å². The van der Waals surface area contributed by atoms with Crippen LogP contribution in [0.15, 0.2) is 54.6 Å². The number of nitrogens with zero attached hydrogens (tertiary/aromatic N) is 1. The van der Waals surface area contributed by atoms with Gasteiger partial charge in [-0.25, -0.2) is 4.79 Å². The van der Waals surface area contributed by atoms with Gasteiger partial charge in [0.05, 0.1) is 0 Å². The van der Waals surface area contributed by atoms with Crippen molar-refractivity contribution in [3.63, 3.8) is 0 Å². The standard InChI is InChI=1S/C26H28N4O5/c31-24(32)13-3-1-2-8-14-27-25(33)22-15-23(30-29-22)28-26(34)35-16-21-19-11-6-4-9-17(19)18-10-5-7-12-20(18)21/h4-7,9-12,15,21H,1-3,8,13-14,16H2,(H,27,33)(H,31,32)(H2,28,29,30,34). The van der Waals surface area contributed by atoms with Crippen molar-refractivity contribution in [2.75, 3.05) is 18.5 Å². The molecule has 1 heterocycles. The molecule has 0 aliphatic heterocycles. The van der Waals surface area contributed by atoms with E-state index in [1.54, 1.807) is 0 Å². The van der Waals surface area contributed by atoms with Crippen LogP contribution < -0.4 is 10.6 Å². The number of carboxylic acids is 1. The maximum atomic E-state index is 12.4. The highest BCUT2D eigenvalue weighted by atomic mass is 16.5. The van der Waals surface area contributed by atoms with Crippen molar-refractivity contribution in [3.8, 4) is 11.1 Å². The van der Waals surface area contributed by atoms with Gasteiger partial charge in [-0.15, -0.1) is 0 Å². The lowest BCUT2D eigenvalue weighted by Gasteiger charge is -2.14. The van der Waals surface area contributed by atoms with Crippen LogP contribution in [0.1, 0.15) is 59.6 Å². The highest BCUT2D eigenvalue weighted by Crippen LogP contribution is 2.44. The highest BCUT2D eigenvalue weighted by Gasteiger charge is 2.29. The highest BCUT2D eigenvalue weighted by molar-refractivity contribution is 5.94. The first-order valence-corrected chi connectivity index (χ1v) is 11.7. The minimum atomic E-state index is -0.792. The van der Waals surface area contributed by atoms with E-state index < -0.39 is 12.1 Å². The Balaban J connectivity index is 1.23. The Bertz CT molecular complexity index is 1160. The Labute approximate surface area is 202 Å². The molecule has 9 heteroatoms. The number of aromatic amines is 1. The third kappa shape index (κ3) is 6.06. The average Bonchev–Trinajstić information content (AvgIpc) is 3.44. The number of hydrogen-bond acceptors (Lipinski definition) is 5. The van der Waals surface area contributed by atoms with E-state index in [9.17, 15) is 14.4 Å². The molecule has 4 rings (SSSR count). The molecule has 9 nitrogen and oxygen atoms in total. The largest absolute Gasteiger partial charge is 0.481 e. The van der Waals surface area contributed by atoms with E-state index in [0.717, 1.165) is 41.5 Å². The van der Waals surface area contributed by atoms with Gasteiger partial charge in [-0.1, -0.05) is 61.4 Å². The summed E-state index contributed by atoms with van der Waals surface area (Å²) >= 11 is 0. The van der Waals surface area contributed by atoms with E-state index >= 15 is 0 Å². The van der Waals surface area contributed by atoms with Crippen molar-refractivity contribution in [1.29, 1.82) is 0 Å². The number of fused-ring (bicyclic) bond motifs is 3. The molecule has 1 aromatic heterocycles. The molecule has 0 fully saturated rings. The van der Waals surface area contributed by atoms with Crippen molar-refractivity contribution in [3.05, 3.63) is 71.4 Å². The number of benzene rings is 2. The molecule has 35 heavy (non-hydrogen) atoms. The number of H-pyrrole nitrogens is 1. The van der Waals surface area contributed by atoms with Gasteiger partial charge >= 0.3 is 12.1 Å². The number of anilines is 1. The van der Waals surface area contributed by atoms with Gasteiger partial charge in [0.1, 0.15) is 12.3 Å². The fourth-order valence-corrected chi connectivity index (χ4v) is 4.29. The number of aromatic nitrogens is 2. The zero-order valence-corrected chi connectivity index (χ0v) is 19.3. The number of aliphatic carboxylic acids is 1. The number of carbonyl (C=O) groups excluding carboxylic acids is 2. The third-order valence-corrected chi connectivity index (χ3v) is 6.00. The van der Waals surface area contributed by atoms with Crippen LogP contribution in [0.25, 0.3) is 11.1 Å². The number of amides is 2. The summed E-state index contributed by atoms with van der Waals surface area (Å²) in [6, 6.07) is 17.7. The molecule has 0 atom stereocenters. The summed E-state index contributed by atoms with van der Waals surface area (Å²) in [5.41, 5.74) is 4.79. The van der Waals surface area contributed by atoms with E-state index in [4.69, 9.17) is 9.84 Å². The van der Waals surface area contributed by atoms with Gasteiger partial charge in [-0.05, 0) is 35.1 Å². The monoisotopic (exact) mass is 476 g/mol. The molecule has 3 aromatic rings.